The summed E-state index contributed by atoms with van der Waals surface area (Å²) < 4.78 is 1.53. The average Bonchev–Trinajstić information content (AvgIpc) is 3.16. The standard InChI is InChI=1S/C14H17N5O2/c20-13-6-1-10(7-13)8-15-14(21)11-2-4-12(5-3-11)19-9-16-17-18-19/h2-5,9-10,13,20H,1,6-8H2,(H,15,21). The largest absolute Gasteiger partial charge is 0.393 e. The van der Waals surface area contributed by atoms with Gasteiger partial charge in [0.2, 0.25) is 0 Å². The Morgan fingerprint density at radius 1 is 1.33 bits per heavy atom. The monoisotopic (exact) mass is 287 g/mol. The zero-order chi connectivity index (χ0) is 14.7. The van der Waals surface area contributed by atoms with Crippen molar-refractivity contribution in [3.63, 3.8) is 0 Å². The van der Waals surface area contributed by atoms with Crippen molar-refractivity contribution in [1.82, 2.24) is 25.5 Å². The van der Waals surface area contributed by atoms with E-state index in [0.29, 0.717) is 18.0 Å². The summed E-state index contributed by atoms with van der Waals surface area (Å²) in [7, 11) is 0. The van der Waals surface area contributed by atoms with Crippen molar-refractivity contribution >= 4 is 5.91 Å². The van der Waals surface area contributed by atoms with Crippen molar-refractivity contribution in [1.29, 1.82) is 0 Å². The molecule has 0 radical (unpaired) electrons. The molecule has 2 unspecified atom stereocenters. The molecule has 1 fully saturated rings. The van der Waals surface area contributed by atoms with E-state index in [1.54, 1.807) is 24.3 Å². The molecule has 1 aromatic carbocycles. The maximum Gasteiger partial charge on any atom is 0.251 e. The molecule has 1 aromatic heterocycles. The van der Waals surface area contributed by atoms with E-state index in [1.165, 1.54) is 11.0 Å². The lowest BCUT2D eigenvalue weighted by Gasteiger charge is -2.11. The number of benzene rings is 1. The van der Waals surface area contributed by atoms with Gasteiger partial charge in [-0.15, -0.1) is 5.10 Å². The van der Waals surface area contributed by atoms with Gasteiger partial charge in [0, 0.05) is 12.1 Å². The number of nitrogens with zero attached hydrogens (tertiary/aromatic N) is 4. The van der Waals surface area contributed by atoms with Gasteiger partial charge in [-0.05, 0) is 59.9 Å². The van der Waals surface area contributed by atoms with Gasteiger partial charge < -0.3 is 10.4 Å². The van der Waals surface area contributed by atoms with Crippen LogP contribution in [0.5, 0.6) is 0 Å². The molecule has 0 aliphatic heterocycles. The smallest absolute Gasteiger partial charge is 0.251 e. The highest BCUT2D eigenvalue weighted by Gasteiger charge is 2.23. The maximum absolute atomic E-state index is 12.1. The molecule has 7 heteroatoms. The molecule has 1 aliphatic rings. The minimum absolute atomic E-state index is 0.0975. The third kappa shape index (κ3) is 3.25. The Morgan fingerprint density at radius 2 is 2.14 bits per heavy atom. The van der Waals surface area contributed by atoms with E-state index in [1.807, 2.05) is 0 Å². The molecule has 1 amide bonds. The number of hydrogen-bond acceptors (Lipinski definition) is 5. The summed E-state index contributed by atoms with van der Waals surface area (Å²) >= 11 is 0. The Morgan fingerprint density at radius 3 is 2.76 bits per heavy atom. The number of aliphatic hydroxyl groups is 1. The van der Waals surface area contributed by atoms with E-state index in [9.17, 15) is 9.90 Å². The summed E-state index contributed by atoms with van der Waals surface area (Å²) in [5.74, 6) is 0.282. The topological polar surface area (TPSA) is 92.9 Å². The molecule has 0 bridgehead atoms. The number of rotatable bonds is 4. The van der Waals surface area contributed by atoms with E-state index in [2.05, 4.69) is 20.8 Å². The fraction of sp³-hybridized carbons (Fsp3) is 0.429. The quantitative estimate of drug-likeness (QED) is 0.856. The predicted octanol–water partition coefficient (Wildman–Crippen LogP) is 0.553. The highest BCUT2D eigenvalue weighted by molar-refractivity contribution is 5.94. The second-order valence-corrected chi connectivity index (χ2v) is 5.34. The van der Waals surface area contributed by atoms with Crippen LogP contribution >= 0.6 is 0 Å². The number of hydrogen-bond donors (Lipinski definition) is 2. The van der Waals surface area contributed by atoms with E-state index < -0.39 is 0 Å². The number of nitrogens with one attached hydrogen (secondary N) is 1. The highest BCUT2D eigenvalue weighted by Crippen LogP contribution is 2.24. The van der Waals surface area contributed by atoms with Crippen LogP contribution in [0.25, 0.3) is 5.69 Å². The number of amides is 1. The zero-order valence-corrected chi connectivity index (χ0v) is 11.5. The molecule has 110 valence electrons. The van der Waals surface area contributed by atoms with Crippen LogP contribution in [0.2, 0.25) is 0 Å². The first-order valence-corrected chi connectivity index (χ1v) is 7.02. The fourth-order valence-electron chi connectivity index (χ4n) is 2.62. The molecule has 0 spiro atoms. The lowest BCUT2D eigenvalue weighted by atomic mass is 10.1. The summed E-state index contributed by atoms with van der Waals surface area (Å²) in [6.07, 6.45) is 3.88. The number of aliphatic hydroxyl groups excluding tert-OH is 1. The fourth-order valence-corrected chi connectivity index (χ4v) is 2.62. The summed E-state index contributed by atoms with van der Waals surface area (Å²) in [4.78, 5) is 12.1. The van der Waals surface area contributed by atoms with Crippen molar-refractivity contribution in [2.45, 2.75) is 25.4 Å². The van der Waals surface area contributed by atoms with Crippen LogP contribution in [0.1, 0.15) is 29.6 Å². The van der Waals surface area contributed by atoms with Crippen molar-refractivity contribution in [3.8, 4) is 5.69 Å². The minimum Gasteiger partial charge on any atom is -0.393 e. The Kier molecular flexibility index (Phi) is 3.92. The minimum atomic E-state index is -0.206. The summed E-state index contributed by atoms with van der Waals surface area (Å²) in [5.41, 5.74) is 1.40. The molecule has 2 aromatic rings. The first-order chi connectivity index (χ1) is 10.2. The molecule has 0 saturated heterocycles. The molecule has 1 aliphatic carbocycles. The highest BCUT2D eigenvalue weighted by atomic mass is 16.3. The average molecular weight is 287 g/mol. The van der Waals surface area contributed by atoms with Crippen LogP contribution < -0.4 is 5.32 Å². The SMILES string of the molecule is O=C(NCC1CCC(O)C1)c1ccc(-n2cnnn2)cc1. The van der Waals surface area contributed by atoms with Crippen LogP contribution in [0, 0.1) is 5.92 Å². The molecule has 2 N–H and O–H groups in total. The van der Waals surface area contributed by atoms with Crippen LogP contribution in [0.3, 0.4) is 0 Å². The lowest BCUT2D eigenvalue weighted by molar-refractivity contribution is 0.0945. The van der Waals surface area contributed by atoms with Gasteiger partial charge in [-0.3, -0.25) is 4.79 Å². The lowest BCUT2D eigenvalue weighted by Crippen LogP contribution is -2.28. The molecule has 1 saturated carbocycles. The Bertz CT molecular complexity index is 596. The Hall–Kier alpha value is -2.28. The maximum atomic E-state index is 12.1. The van der Waals surface area contributed by atoms with Gasteiger partial charge in [-0.2, -0.15) is 0 Å². The van der Waals surface area contributed by atoms with Crippen molar-refractivity contribution in [2.75, 3.05) is 6.54 Å². The number of aromatic nitrogens is 4. The first-order valence-electron chi connectivity index (χ1n) is 7.02. The summed E-state index contributed by atoms with van der Waals surface area (Å²) in [5, 5.41) is 23.3. The second kappa shape index (κ2) is 6.01. The van der Waals surface area contributed by atoms with Crippen molar-refractivity contribution in [3.05, 3.63) is 36.2 Å². The van der Waals surface area contributed by atoms with Crippen LogP contribution in [-0.4, -0.2) is 43.9 Å². The van der Waals surface area contributed by atoms with Gasteiger partial charge in [-0.1, -0.05) is 0 Å². The van der Waals surface area contributed by atoms with Crippen LogP contribution in [0.4, 0.5) is 0 Å². The molecular weight excluding hydrogens is 270 g/mol. The first kappa shape index (κ1) is 13.7. The van der Waals surface area contributed by atoms with Gasteiger partial charge in [0.15, 0.2) is 0 Å². The summed E-state index contributed by atoms with van der Waals surface area (Å²) in [6.45, 7) is 0.616. The third-order valence-electron chi connectivity index (χ3n) is 3.81. The van der Waals surface area contributed by atoms with Crippen molar-refractivity contribution in [2.24, 2.45) is 5.92 Å². The van der Waals surface area contributed by atoms with E-state index in [-0.39, 0.29) is 12.0 Å². The van der Waals surface area contributed by atoms with Gasteiger partial charge in [0.1, 0.15) is 6.33 Å². The molecule has 7 nitrogen and oxygen atoms in total. The normalized spacial score (nSPS) is 21.4. The van der Waals surface area contributed by atoms with E-state index in [0.717, 1.165) is 24.9 Å². The number of tetrazole rings is 1. The molecule has 2 atom stereocenters. The number of carbonyl (C=O) groups is 1. The van der Waals surface area contributed by atoms with Crippen LogP contribution in [0.15, 0.2) is 30.6 Å². The van der Waals surface area contributed by atoms with Crippen molar-refractivity contribution < 1.29 is 9.90 Å². The third-order valence-corrected chi connectivity index (χ3v) is 3.81. The predicted molar refractivity (Wildman–Crippen MR) is 74.8 cm³/mol. The van der Waals surface area contributed by atoms with Gasteiger partial charge in [0.05, 0.1) is 11.8 Å². The van der Waals surface area contributed by atoms with Gasteiger partial charge >= 0.3 is 0 Å². The van der Waals surface area contributed by atoms with E-state index >= 15 is 0 Å². The van der Waals surface area contributed by atoms with Gasteiger partial charge in [-0.25, -0.2) is 4.68 Å². The zero-order valence-electron chi connectivity index (χ0n) is 11.5. The summed E-state index contributed by atoms with van der Waals surface area (Å²) in [6, 6.07) is 7.08. The molecule has 3 rings (SSSR count). The van der Waals surface area contributed by atoms with E-state index in [4.69, 9.17) is 0 Å². The number of carbonyl (C=O) groups excluding carboxylic acids is 1. The molecule has 21 heavy (non-hydrogen) atoms. The molecule has 1 heterocycles. The Balaban J connectivity index is 1.57. The second-order valence-electron chi connectivity index (χ2n) is 5.34. The Labute approximate surface area is 122 Å². The van der Waals surface area contributed by atoms with Crippen LogP contribution in [-0.2, 0) is 0 Å². The molecular formula is C14H17N5O2. The van der Waals surface area contributed by atoms with Gasteiger partial charge in [0.25, 0.3) is 5.91 Å².